The molecule has 1 saturated heterocycles. The number of carbonyl (C=O) groups is 1. The maximum absolute atomic E-state index is 12.1. The number of likely N-dealkylation sites (tertiary alicyclic amines) is 1. The van der Waals surface area contributed by atoms with Crippen LogP contribution in [-0.2, 0) is 23.8 Å². The summed E-state index contributed by atoms with van der Waals surface area (Å²) < 4.78 is 34.5. The van der Waals surface area contributed by atoms with Crippen molar-refractivity contribution >= 4 is 16.0 Å². The normalized spacial score (nSPS) is 17.5. The lowest BCUT2D eigenvalue weighted by Gasteiger charge is -2.33. The number of aryl methyl sites for hydroxylation is 1. The Morgan fingerprint density at radius 1 is 1.24 bits per heavy atom. The third kappa shape index (κ3) is 5.52. The Labute approximate surface area is 150 Å². The first kappa shape index (κ1) is 19.9. The molecule has 0 aliphatic carbocycles. The van der Waals surface area contributed by atoms with Crippen molar-refractivity contribution < 1.29 is 22.1 Å². The Bertz CT molecular complexity index is 663. The third-order valence-corrected chi connectivity index (χ3v) is 6.03. The smallest absolute Gasteiger partial charge is 0.296 e. The lowest BCUT2D eigenvalue weighted by molar-refractivity contribution is -0.142. The number of ether oxygens (including phenoxy) is 1. The van der Waals surface area contributed by atoms with Crippen molar-refractivity contribution in [3.05, 3.63) is 29.8 Å². The van der Waals surface area contributed by atoms with Crippen LogP contribution in [0, 0.1) is 12.8 Å². The number of nitrogens with zero attached hydrogens (tertiary/aromatic N) is 1. The molecular formula is C18H27NO5S. The van der Waals surface area contributed by atoms with Crippen LogP contribution < -0.4 is 0 Å². The van der Waals surface area contributed by atoms with Gasteiger partial charge >= 0.3 is 0 Å². The van der Waals surface area contributed by atoms with Gasteiger partial charge in [0.1, 0.15) is 6.10 Å². The van der Waals surface area contributed by atoms with Gasteiger partial charge in [0.15, 0.2) is 0 Å². The summed E-state index contributed by atoms with van der Waals surface area (Å²) in [6.45, 7) is 5.19. The van der Waals surface area contributed by atoms with Gasteiger partial charge in [0.2, 0.25) is 0 Å². The summed E-state index contributed by atoms with van der Waals surface area (Å²) in [4.78, 5) is 14.1. The Morgan fingerprint density at radius 3 is 2.40 bits per heavy atom. The number of piperidine rings is 1. The molecule has 0 N–H and O–H groups in total. The fraction of sp³-hybridized carbons (Fsp3) is 0.611. The topological polar surface area (TPSA) is 72.9 Å². The average Bonchev–Trinajstić information content (AvgIpc) is 2.61. The van der Waals surface area contributed by atoms with Crippen LogP contribution in [0.2, 0.25) is 0 Å². The van der Waals surface area contributed by atoms with Crippen LogP contribution in [0.3, 0.4) is 0 Å². The summed E-state index contributed by atoms with van der Waals surface area (Å²) in [6, 6.07) is 6.63. The van der Waals surface area contributed by atoms with Gasteiger partial charge in [0, 0.05) is 20.2 Å². The molecule has 7 heteroatoms. The van der Waals surface area contributed by atoms with Gasteiger partial charge in [-0.25, -0.2) is 0 Å². The highest BCUT2D eigenvalue weighted by molar-refractivity contribution is 7.86. The second-order valence-corrected chi connectivity index (χ2v) is 8.14. The Morgan fingerprint density at radius 2 is 1.84 bits per heavy atom. The minimum Gasteiger partial charge on any atom is -0.372 e. The van der Waals surface area contributed by atoms with Gasteiger partial charge in [0.05, 0.1) is 11.5 Å². The molecule has 25 heavy (non-hydrogen) atoms. The monoisotopic (exact) mass is 369 g/mol. The highest BCUT2D eigenvalue weighted by Crippen LogP contribution is 2.22. The minimum absolute atomic E-state index is 0.0131. The maximum Gasteiger partial charge on any atom is 0.296 e. The van der Waals surface area contributed by atoms with Crippen molar-refractivity contribution in [3.63, 3.8) is 0 Å². The van der Waals surface area contributed by atoms with Gasteiger partial charge in [0.25, 0.3) is 16.0 Å². The Hall–Kier alpha value is -1.44. The molecule has 1 amide bonds. The molecule has 0 bridgehead atoms. The summed E-state index contributed by atoms with van der Waals surface area (Å²) in [7, 11) is -2.17. The van der Waals surface area contributed by atoms with Crippen molar-refractivity contribution in [2.45, 2.75) is 44.1 Å². The molecule has 1 aromatic rings. The molecule has 6 nitrogen and oxygen atoms in total. The highest BCUT2D eigenvalue weighted by Gasteiger charge is 2.26. The molecule has 1 fully saturated rings. The van der Waals surface area contributed by atoms with E-state index < -0.39 is 16.2 Å². The van der Waals surface area contributed by atoms with Crippen LogP contribution in [-0.4, -0.2) is 52.1 Å². The van der Waals surface area contributed by atoms with Gasteiger partial charge in [-0.3, -0.25) is 8.98 Å². The minimum atomic E-state index is -3.70. The Balaban J connectivity index is 1.76. The van der Waals surface area contributed by atoms with E-state index >= 15 is 0 Å². The van der Waals surface area contributed by atoms with Crippen molar-refractivity contribution in [2.24, 2.45) is 5.92 Å². The summed E-state index contributed by atoms with van der Waals surface area (Å²) >= 11 is 0. The van der Waals surface area contributed by atoms with Crippen molar-refractivity contribution in [1.29, 1.82) is 0 Å². The fourth-order valence-electron chi connectivity index (χ4n) is 2.90. The van der Waals surface area contributed by atoms with Crippen LogP contribution >= 0.6 is 0 Å². The van der Waals surface area contributed by atoms with E-state index in [0.717, 1.165) is 18.4 Å². The Kier molecular flexibility index (Phi) is 6.98. The van der Waals surface area contributed by atoms with Crippen LogP contribution in [0.5, 0.6) is 0 Å². The molecule has 1 heterocycles. The molecule has 0 spiro atoms. The van der Waals surface area contributed by atoms with Gasteiger partial charge in [-0.1, -0.05) is 17.7 Å². The average molecular weight is 369 g/mol. The van der Waals surface area contributed by atoms with Crippen LogP contribution in [0.1, 0.15) is 31.7 Å². The summed E-state index contributed by atoms with van der Waals surface area (Å²) in [5.41, 5.74) is 1.00. The zero-order chi connectivity index (χ0) is 18.4. The zero-order valence-corrected chi connectivity index (χ0v) is 15.9. The van der Waals surface area contributed by atoms with Gasteiger partial charge < -0.3 is 9.64 Å². The van der Waals surface area contributed by atoms with Crippen molar-refractivity contribution in [1.82, 2.24) is 4.90 Å². The summed E-state index contributed by atoms with van der Waals surface area (Å²) in [6.07, 6.45) is 1.97. The predicted octanol–water partition coefficient (Wildman–Crippen LogP) is 2.36. The molecule has 0 aromatic heterocycles. The third-order valence-electron chi connectivity index (χ3n) is 4.70. The molecule has 0 unspecified atom stereocenters. The molecular weight excluding hydrogens is 342 g/mol. The quantitative estimate of drug-likeness (QED) is 0.690. The van der Waals surface area contributed by atoms with Crippen LogP contribution in [0.4, 0.5) is 0 Å². The molecule has 1 aliphatic rings. The SMILES string of the molecule is CO[C@@H](C)C(=O)N1CCC(CCOS(=O)(=O)c2ccc(C)cc2)CC1. The number of hydrogen-bond donors (Lipinski definition) is 0. The number of hydrogen-bond acceptors (Lipinski definition) is 5. The second kappa shape index (κ2) is 8.78. The fourth-order valence-corrected chi connectivity index (χ4v) is 3.82. The van der Waals surface area contributed by atoms with Crippen LogP contribution in [0.15, 0.2) is 29.2 Å². The maximum atomic E-state index is 12.1. The summed E-state index contributed by atoms with van der Waals surface area (Å²) in [5, 5.41) is 0. The molecule has 140 valence electrons. The highest BCUT2D eigenvalue weighted by atomic mass is 32.2. The molecule has 1 aromatic carbocycles. The number of amides is 1. The van der Waals surface area contributed by atoms with Crippen molar-refractivity contribution in [3.8, 4) is 0 Å². The largest absolute Gasteiger partial charge is 0.372 e. The molecule has 0 saturated carbocycles. The molecule has 1 atom stereocenters. The summed E-state index contributed by atoms with van der Waals surface area (Å²) in [5.74, 6) is 0.384. The number of methoxy groups -OCH3 is 1. The standard InChI is InChI=1S/C18H27NO5S/c1-14-4-6-17(7-5-14)25(21,22)24-13-10-16-8-11-19(12-9-16)18(20)15(2)23-3/h4-7,15-16H,8-13H2,1-3H3/t15-/m0/s1. The van der Waals surface area contributed by atoms with E-state index in [2.05, 4.69) is 0 Å². The van der Waals surface area contributed by atoms with E-state index in [-0.39, 0.29) is 17.4 Å². The first-order valence-electron chi connectivity index (χ1n) is 8.61. The van der Waals surface area contributed by atoms with E-state index in [9.17, 15) is 13.2 Å². The molecule has 2 rings (SSSR count). The molecule has 1 aliphatic heterocycles. The first-order valence-corrected chi connectivity index (χ1v) is 10.0. The van der Waals surface area contributed by atoms with E-state index in [1.165, 1.54) is 7.11 Å². The zero-order valence-electron chi connectivity index (χ0n) is 15.1. The van der Waals surface area contributed by atoms with E-state index in [1.54, 1.807) is 31.2 Å². The van der Waals surface area contributed by atoms with Gasteiger partial charge in [-0.15, -0.1) is 0 Å². The molecule has 0 radical (unpaired) electrons. The number of rotatable bonds is 7. The van der Waals surface area contributed by atoms with E-state index in [1.807, 2.05) is 11.8 Å². The van der Waals surface area contributed by atoms with Crippen molar-refractivity contribution in [2.75, 3.05) is 26.8 Å². The van der Waals surface area contributed by atoms with Crippen LogP contribution in [0.25, 0.3) is 0 Å². The predicted molar refractivity (Wildman–Crippen MR) is 94.7 cm³/mol. The van der Waals surface area contributed by atoms with Gasteiger partial charge in [-0.2, -0.15) is 8.42 Å². The van der Waals surface area contributed by atoms with Gasteiger partial charge in [-0.05, 0) is 51.2 Å². The second-order valence-electron chi connectivity index (χ2n) is 6.52. The number of benzene rings is 1. The lowest BCUT2D eigenvalue weighted by Crippen LogP contribution is -2.43. The van der Waals surface area contributed by atoms with E-state index in [0.29, 0.717) is 25.4 Å². The lowest BCUT2D eigenvalue weighted by atomic mass is 9.94. The number of carbonyl (C=O) groups excluding carboxylic acids is 1. The first-order chi connectivity index (χ1) is 11.8. The van der Waals surface area contributed by atoms with E-state index in [4.69, 9.17) is 8.92 Å².